The molecule has 0 fully saturated rings. The molecule has 0 spiro atoms. The number of alkyl halides is 2. The largest absolute Gasteiger partial charge is 0.301 e. The van der Waals surface area contributed by atoms with Crippen molar-refractivity contribution in [2.24, 2.45) is 0 Å². The van der Waals surface area contributed by atoms with Crippen molar-refractivity contribution in [3.8, 4) is 12.1 Å². The van der Waals surface area contributed by atoms with Crippen LogP contribution in [0.5, 0.6) is 0 Å². The van der Waals surface area contributed by atoms with Gasteiger partial charge in [0.2, 0.25) is 0 Å². The fourth-order valence-corrected chi connectivity index (χ4v) is 0.0412. The second-order valence-electron chi connectivity index (χ2n) is 0.540. The highest BCUT2D eigenvalue weighted by Crippen LogP contribution is 1.85. The van der Waals surface area contributed by atoms with E-state index in [0.717, 1.165) is 5.92 Å². The van der Waals surface area contributed by atoms with Gasteiger partial charge in [-0.15, -0.1) is 16.8 Å². The van der Waals surface area contributed by atoms with Crippen LogP contribution in [0.3, 0.4) is 0 Å². The van der Waals surface area contributed by atoms with Crippen LogP contribution in [-0.2, 0) is 0 Å². The van der Waals surface area contributed by atoms with Crippen LogP contribution in [0.4, 0.5) is 13.2 Å². The molecule has 0 rings (SSSR count). The molecule has 42 valence electrons. The second-order valence-corrected chi connectivity index (χ2v) is 0.540. The predicted molar refractivity (Wildman–Crippen MR) is 22.1 cm³/mol. The Kier molecular flexibility index (Phi) is 7.90. The summed E-state index contributed by atoms with van der Waals surface area (Å²) in [4.78, 5) is 0. The van der Waals surface area contributed by atoms with Gasteiger partial charge in [0.25, 0.3) is 0 Å². The van der Waals surface area contributed by atoms with E-state index in [2.05, 4.69) is 0 Å². The highest BCUT2D eigenvalue weighted by molar-refractivity contribution is 5.85. The Morgan fingerprint density at radius 1 is 1.29 bits per heavy atom. The highest BCUT2D eigenvalue weighted by atomic mass is 35.5. The van der Waals surface area contributed by atoms with Gasteiger partial charge < -0.3 is 0 Å². The SMILES string of the molecule is Cl.FC#CC(F)F. The first-order valence-corrected chi connectivity index (χ1v) is 1.16. The predicted octanol–water partition coefficient (Wildman–Crippen LogP) is 1.60. The minimum absolute atomic E-state index is 0. The van der Waals surface area contributed by atoms with Gasteiger partial charge in [-0.05, 0) is 0 Å². The molecule has 0 aliphatic heterocycles. The first-order chi connectivity index (χ1) is 2.77. The molecular weight excluding hydrogens is 128 g/mol. The van der Waals surface area contributed by atoms with Crippen LogP contribution in [0.25, 0.3) is 0 Å². The molecule has 0 bridgehead atoms. The third kappa shape index (κ3) is 10.7. The van der Waals surface area contributed by atoms with Crippen LogP contribution in [-0.4, -0.2) is 6.43 Å². The van der Waals surface area contributed by atoms with Gasteiger partial charge >= 0.3 is 6.43 Å². The van der Waals surface area contributed by atoms with Crippen molar-refractivity contribution in [2.75, 3.05) is 0 Å². The Labute approximate surface area is 45.1 Å². The molecule has 0 saturated heterocycles. The van der Waals surface area contributed by atoms with E-state index in [9.17, 15) is 13.2 Å². The summed E-state index contributed by atoms with van der Waals surface area (Å²) in [7, 11) is 0. The van der Waals surface area contributed by atoms with E-state index in [1.165, 1.54) is 0 Å². The molecule has 7 heavy (non-hydrogen) atoms. The average molecular weight is 130 g/mol. The molecule has 0 aliphatic rings. The van der Waals surface area contributed by atoms with Crippen molar-refractivity contribution in [2.45, 2.75) is 6.43 Å². The molecule has 0 aliphatic carbocycles. The maximum absolute atomic E-state index is 10.6. The Bertz CT molecular complexity index is 79.9. The summed E-state index contributed by atoms with van der Waals surface area (Å²) in [6.45, 7) is 0. The molecule has 0 N–H and O–H groups in total. The Balaban J connectivity index is 0. The molecule has 0 heterocycles. The van der Waals surface area contributed by atoms with Crippen molar-refractivity contribution in [3.05, 3.63) is 0 Å². The monoisotopic (exact) mass is 130 g/mol. The van der Waals surface area contributed by atoms with Crippen LogP contribution in [0.1, 0.15) is 0 Å². The van der Waals surface area contributed by atoms with Crippen LogP contribution in [0.15, 0.2) is 0 Å². The molecule has 0 aromatic heterocycles. The van der Waals surface area contributed by atoms with E-state index < -0.39 is 6.43 Å². The Morgan fingerprint density at radius 3 is 1.71 bits per heavy atom. The van der Waals surface area contributed by atoms with Crippen molar-refractivity contribution in [3.63, 3.8) is 0 Å². The van der Waals surface area contributed by atoms with Crippen LogP contribution >= 0.6 is 12.4 Å². The number of hydrogen-bond donors (Lipinski definition) is 0. The van der Waals surface area contributed by atoms with Crippen molar-refractivity contribution >= 4 is 12.4 Å². The van der Waals surface area contributed by atoms with Gasteiger partial charge in [0.1, 0.15) is 6.17 Å². The normalized spacial score (nSPS) is 6.29. The van der Waals surface area contributed by atoms with Gasteiger partial charge in [0.15, 0.2) is 0 Å². The highest BCUT2D eigenvalue weighted by Gasteiger charge is 1.88. The first kappa shape index (κ1) is 9.81. The van der Waals surface area contributed by atoms with E-state index in [1.807, 2.05) is 0 Å². The van der Waals surface area contributed by atoms with Gasteiger partial charge in [-0.1, -0.05) is 0 Å². The lowest BCUT2D eigenvalue weighted by Gasteiger charge is -1.71. The molecule has 0 nitrogen and oxygen atoms in total. The maximum atomic E-state index is 10.6. The van der Waals surface area contributed by atoms with Gasteiger partial charge in [-0.25, -0.2) is 0 Å². The lowest BCUT2D eigenvalue weighted by Crippen LogP contribution is -1.77. The zero-order chi connectivity index (χ0) is 4.99. The van der Waals surface area contributed by atoms with Gasteiger partial charge in [-0.3, -0.25) is 0 Å². The van der Waals surface area contributed by atoms with Crippen LogP contribution < -0.4 is 0 Å². The van der Waals surface area contributed by atoms with E-state index in [4.69, 9.17) is 0 Å². The molecule has 0 atom stereocenters. The van der Waals surface area contributed by atoms with Gasteiger partial charge in [-0.2, -0.15) is 8.78 Å². The molecule has 0 amide bonds. The second kappa shape index (κ2) is 5.64. The minimum atomic E-state index is -2.84. The van der Waals surface area contributed by atoms with E-state index in [0.29, 0.717) is 6.17 Å². The molecule has 0 unspecified atom stereocenters. The van der Waals surface area contributed by atoms with E-state index >= 15 is 0 Å². The molecule has 0 radical (unpaired) electrons. The standard InChI is InChI=1S/C3HF3.ClH/c4-2-1-3(5)6;/h3H;1H. The summed E-state index contributed by atoms with van der Waals surface area (Å²) >= 11 is 0. The molecule has 0 saturated carbocycles. The third-order valence-electron chi connectivity index (χ3n) is 0.164. The summed E-state index contributed by atoms with van der Waals surface area (Å²) in [6, 6.07) is 0. The average Bonchev–Trinajstić information content (AvgIpc) is 1.35. The number of rotatable bonds is 0. The van der Waals surface area contributed by atoms with Gasteiger partial charge in [0.05, 0.1) is 0 Å². The fraction of sp³-hybridized carbons (Fsp3) is 0.333. The molecular formula is C3H2ClF3. The van der Waals surface area contributed by atoms with Crippen LogP contribution in [0.2, 0.25) is 0 Å². The fourth-order valence-electron chi connectivity index (χ4n) is 0.0412. The summed E-state index contributed by atoms with van der Waals surface area (Å²) in [6.07, 6.45) is -2.27. The zero-order valence-electron chi connectivity index (χ0n) is 3.12. The molecule has 0 aromatic rings. The van der Waals surface area contributed by atoms with Crippen molar-refractivity contribution < 1.29 is 13.2 Å². The lowest BCUT2D eigenvalue weighted by atomic mass is 10.7. The van der Waals surface area contributed by atoms with Gasteiger partial charge in [0, 0.05) is 5.92 Å². The zero-order valence-corrected chi connectivity index (χ0v) is 3.94. The van der Waals surface area contributed by atoms with Crippen molar-refractivity contribution in [1.82, 2.24) is 0 Å². The molecule has 4 heteroatoms. The van der Waals surface area contributed by atoms with Crippen LogP contribution in [0, 0.1) is 12.1 Å². The van der Waals surface area contributed by atoms with Crippen molar-refractivity contribution in [1.29, 1.82) is 0 Å². The summed E-state index contributed by atoms with van der Waals surface area (Å²) in [5, 5.41) is 0. The minimum Gasteiger partial charge on any atom is -0.196 e. The first-order valence-electron chi connectivity index (χ1n) is 1.16. The quantitative estimate of drug-likeness (QED) is 0.437. The molecule has 0 aromatic carbocycles. The maximum Gasteiger partial charge on any atom is 0.301 e. The third-order valence-corrected chi connectivity index (χ3v) is 0.164. The van der Waals surface area contributed by atoms with E-state index in [-0.39, 0.29) is 12.4 Å². The summed E-state index contributed by atoms with van der Waals surface area (Å²) in [5.41, 5.74) is 0. The Morgan fingerprint density at radius 2 is 1.71 bits per heavy atom. The number of halogens is 4. The lowest BCUT2D eigenvalue weighted by molar-refractivity contribution is 0.214. The topological polar surface area (TPSA) is 0 Å². The Hall–Kier alpha value is -0.360. The summed E-state index contributed by atoms with van der Waals surface area (Å²) in [5.74, 6) is 0.958. The smallest absolute Gasteiger partial charge is 0.196 e. The number of hydrogen-bond acceptors (Lipinski definition) is 0. The van der Waals surface area contributed by atoms with E-state index in [1.54, 1.807) is 0 Å². The summed E-state index contributed by atoms with van der Waals surface area (Å²) < 4.78 is 31.6.